The van der Waals surface area contributed by atoms with Gasteiger partial charge in [0.05, 0.1) is 12.1 Å². The Hall–Kier alpha value is -3.23. The van der Waals surface area contributed by atoms with Crippen molar-refractivity contribution in [2.45, 2.75) is 18.4 Å². The van der Waals surface area contributed by atoms with E-state index >= 15 is 0 Å². The normalized spacial score (nSPS) is 12.4. The van der Waals surface area contributed by atoms with Gasteiger partial charge in [0.1, 0.15) is 4.90 Å². The van der Waals surface area contributed by atoms with Crippen molar-refractivity contribution in [3.05, 3.63) is 93.7 Å². The number of carboxylic acid groups (broad SMARTS) is 1. The van der Waals surface area contributed by atoms with Gasteiger partial charge in [-0.15, -0.1) is 15.7 Å². The van der Waals surface area contributed by atoms with Gasteiger partial charge in [-0.1, -0.05) is 54.6 Å². The quantitative estimate of drug-likeness (QED) is 0.509. The van der Waals surface area contributed by atoms with E-state index in [1.165, 1.54) is 35.6 Å². The summed E-state index contributed by atoms with van der Waals surface area (Å²) in [6.45, 7) is 2.32. The number of benzene rings is 3. The monoisotopic (exact) mass is 438 g/mol. The molecule has 0 atom stereocenters. The van der Waals surface area contributed by atoms with Crippen LogP contribution in [0.4, 0.5) is 0 Å². The molecule has 1 heterocycles. The molecule has 0 amide bonds. The van der Waals surface area contributed by atoms with E-state index in [1.54, 1.807) is 4.57 Å². The number of rotatable bonds is 5. The zero-order valence-corrected chi connectivity index (χ0v) is 17.7. The molecule has 0 aliphatic carbocycles. The average molecular weight is 439 g/mol. The highest BCUT2D eigenvalue weighted by Crippen LogP contribution is 2.21. The molecule has 0 spiro atoms. The molecule has 4 rings (SSSR count). The Morgan fingerprint density at radius 1 is 1.03 bits per heavy atom. The van der Waals surface area contributed by atoms with Crippen LogP contribution < -0.4 is 4.80 Å². The van der Waals surface area contributed by atoms with Crippen LogP contribution in [0.1, 0.15) is 20.8 Å². The summed E-state index contributed by atoms with van der Waals surface area (Å²) < 4.78 is 31.6. The molecule has 0 aliphatic heterocycles. The number of thiazole rings is 1. The van der Waals surface area contributed by atoms with Crippen LogP contribution in [0.3, 0.4) is 0 Å². The molecule has 152 valence electrons. The van der Waals surface area contributed by atoms with Crippen molar-refractivity contribution >= 4 is 38.1 Å². The number of aryl methyl sites for hydroxylation is 1. The molecule has 30 heavy (non-hydrogen) atoms. The van der Waals surface area contributed by atoms with Crippen LogP contribution in [0.5, 0.6) is 0 Å². The molecule has 6 nitrogen and oxygen atoms in total. The zero-order valence-electron chi connectivity index (χ0n) is 16.0. The molecule has 4 aromatic rings. The van der Waals surface area contributed by atoms with Gasteiger partial charge in [0, 0.05) is 11.1 Å². The first kappa shape index (κ1) is 20.1. The molecule has 0 unspecified atom stereocenters. The maximum Gasteiger partial charge on any atom is 0.337 e. The number of fused-ring (bicyclic) bond motifs is 1. The Morgan fingerprint density at radius 2 is 1.73 bits per heavy atom. The van der Waals surface area contributed by atoms with Crippen molar-refractivity contribution in [1.29, 1.82) is 0 Å². The van der Waals surface area contributed by atoms with Crippen molar-refractivity contribution in [2.75, 3.05) is 0 Å². The van der Waals surface area contributed by atoms with Gasteiger partial charge in [0.2, 0.25) is 4.80 Å². The smallest absolute Gasteiger partial charge is 0.337 e. The lowest BCUT2D eigenvalue weighted by Gasteiger charge is -2.08. The molecule has 1 N–H and O–H groups in total. The molecule has 0 bridgehead atoms. The lowest BCUT2D eigenvalue weighted by Crippen LogP contribution is -2.18. The van der Waals surface area contributed by atoms with Crippen LogP contribution in [-0.2, 0) is 16.6 Å². The van der Waals surface area contributed by atoms with Crippen LogP contribution in [0.2, 0.25) is 0 Å². The summed E-state index contributed by atoms with van der Waals surface area (Å²) in [5, 5.41) is 11.5. The second-order valence-electron chi connectivity index (χ2n) is 6.76. The SMILES string of the molecule is Cc1cn(Cc2cccc3ccccc23)c(=NS(=O)(=O)c2ccccc2C(=O)O)s1. The van der Waals surface area contributed by atoms with Crippen LogP contribution >= 0.6 is 11.3 Å². The van der Waals surface area contributed by atoms with Crippen LogP contribution in [0, 0.1) is 6.92 Å². The summed E-state index contributed by atoms with van der Waals surface area (Å²) in [6.07, 6.45) is 1.85. The Labute approximate surface area is 177 Å². The second-order valence-corrected chi connectivity index (χ2v) is 9.54. The third kappa shape index (κ3) is 3.92. The Kier molecular flexibility index (Phi) is 5.27. The molecule has 3 aromatic carbocycles. The van der Waals surface area contributed by atoms with Gasteiger partial charge < -0.3 is 9.67 Å². The van der Waals surface area contributed by atoms with Gasteiger partial charge in [-0.25, -0.2) is 4.79 Å². The van der Waals surface area contributed by atoms with E-state index in [0.29, 0.717) is 11.3 Å². The number of aromatic nitrogens is 1. The summed E-state index contributed by atoms with van der Waals surface area (Å²) in [7, 11) is -4.20. The number of sulfonamides is 1. The second kappa shape index (κ2) is 7.89. The molecular weight excluding hydrogens is 420 g/mol. The third-order valence-electron chi connectivity index (χ3n) is 4.65. The van der Waals surface area contributed by atoms with E-state index in [4.69, 9.17) is 0 Å². The molecule has 0 radical (unpaired) electrons. The highest BCUT2D eigenvalue weighted by Gasteiger charge is 2.21. The van der Waals surface area contributed by atoms with E-state index in [9.17, 15) is 18.3 Å². The van der Waals surface area contributed by atoms with Crippen LogP contribution in [0.15, 0.2) is 82.2 Å². The number of nitrogens with zero attached hydrogens (tertiary/aromatic N) is 2. The van der Waals surface area contributed by atoms with Gasteiger partial charge in [0.25, 0.3) is 10.0 Å². The number of carboxylic acids is 1. The van der Waals surface area contributed by atoms with Crippen molar-refractivity contribution in [3.63, 3.8) is 0 Å². The standard InChI is InChI=1S/C22H18N2O4S2/c1-15-13-24(14-17-9-6-8-16-7-2-3-10-18(16)17)22(29-15)23-30(27,28)20-12-5-4-11-19(20)21(25)26/h2-13H,14H2,1H3,(H,25,26). The number of hydrogen-bond acceptors (Lipinski definition) is 4. The highest BCUT2D eigenvalue weighted by atomic mass is 32.2. The van der Waals surface area contributed by atoms with Crippen molar-refractivity contribution in [2.24, 2.45) is 4.40 Å². The van der Waals surface area contributed by atoms with Crippen molar-refractivity contribution in [3.8, 4) is 0 Å². The molecule has 0 saturated carbocycles. The van der Waals surface area contributed by atoms with E-state index in [1.807, 2.05) is 55.6 Å². The summed E-state index contributed by atoms with van der Waals surface area (Å²) in [5.41, 5.74) is 0.741. The fraction of sp³-hybridized carbons (Fsp3) is 0.0909. The van der Waals surface area contributed by atoms with Crippen molar-refractivity contribution in [1.82, 2.24) is 4.57 Å². The fourth-order valence-corrected chi connectivity index (χ4v) is 5.56. The number of aromatic carboxylic acids is 1. The van der Waals surface area contributed by atoms with Gasteiger partial charge in [0.15, 0.2) is 0 Å². The van der Waals surface area contributed by atoms with Crippen LogP contribution in [-0.4, -0.2) is 24.1 Å². The minimum absolute atomic E-state index is 0.292. The Bertz CT molecular complexity index is 1430. The van der Waals surface area contributed by atoms with Crippen molar-refractivity contribution < 1.29 is 18.3 Å². The zero-order chi connectivity index (χ0) is 21.3. The van der Waals surface area contributed by atoms with E-state index in [2.05, 4.69) is 4.40 Å². The fourth-order valence-electron chi connectivity index (χ4n) is 3.32. The van der Waals surface area contributed by atoms with Gasteiger partial charge >= 0.3 is 5.97 Å². The van der Waals surface area contributed by atoms with Gasteiger partial charge in [-0.2, -0.15) is 8.42 Å². The third-order valence-corrected chi connectivity index (χ3v) is 7.03. The topological polar surface area (TPSA) is 88.7 Å². The number of carbonyl (C=O) groups is 1. The summed E-state index contributed by atoms with van der Waals surface area (Å²) in [5.74, 6) is -1.31. The molecule has 0 saturated heterocycles. The largest absolute Gasteiger partial charge is 0.478 e. The van der Waals surface area contributed by atoms with Gasteiger partial charge in [-0.05, 0) is 35.4 Å². The number of hydrogen-bond donors (Lipinski definition) is 1. The highest BCUT2D eigenvalue weighted by molar-refractivity contribution is 7.90. The molecular formula is C22H18N2O4S2. The predicted molar refractivity (Wildman–Crippen MR) is 116 cm³/mol. The first-order valence-corrected chi connectivity index (χ1v) is 11.4. The summed E-state index contributed by atoms with van der Waals surface area (Å²) >= 11 is 1.24. The average Bonchev–Trinajstić information content (AvgIpc) is 3.06. The maximum atomic E-state index is 12.9. The van der Waals surface area contributed by atoms with E-state index in [-0.39, 0.29) is 10.5 Å². The molecule has 0 fully saturated rings. The van der Waals surface area contributed by atoms with Crippen LogP contribution in [0.25, 0.3) is 10.8 Å². The summed E-state index contributed by atoms with van der Waals surface area (Å²) in [6, 6.07) is 19.5. The first-order chi connectivity index (χ1) is 14.3. The Morgan fingerprint density at radius 3 is 2.53 bits per heavy atom. The minimum atomic E-state index is -4.20. The minimum Gasteiger partial charge on any atom is -0.478 e. The molecule has 0 aliphatic rings. The first-order valence-electron chi connectivity index (χ1n) is 9.12. The van der Waals surface area contributed by atoms with E-state index < -0.39 is 16.0 Å². The maximum absolute atomic E-state index is 12.9. The molecule has 1 aromatic heterocycles. The molecule has 8 heteroatoms. The van der Waals surface area contributed by atoms with E-state index in [0.717, 1.165) is 21.2 Å². The lowest BCUT2D eigenvalue weighted by atomic mass is 10.0. The Balaban J connectivity index is 1.82. The lowest BCUT2D eigenvalue weighted by molar-refractivity contribution is 0.0692. The predicted octanol–water partition coefficient (Wildman–Crippen LogP) is 4.05. The van der Waals surface area contributed by atoms with Gasteiger partial charge in [-0.3, -0.25) is 0 Å². The summed E-state index contributed by atoms with van der Waals surface area (Å²) in [4.78, 5) is 12.3.